The molecule has 1 amide bonds. The molecule has 0 unspecified atom stereocenters. The highest BCUT2D eigenvalue weighted by Crippen LogP contribution is 2.04. The second-order valence-corrected chi connectivity index (χ2v) is 5.57. The first-order chi connectivity index (χ1) is 10.1. The predicted molar refractivity (Wildman–Crippen MR) is 86.1 cm³/mol. The summed E-state index contributed by atoms with van der Waals surface area (Å²) in [4.78, 5) is 23.1. The number of ether oxygens (including phenoxy) is 1. The summed E-state index contributed by atoms with van der Waals surface area (Å²) in [6.45, 7) is 6.82. The lowest BCUT2D eigenvalue weighted by Crippen LogP contribution is -2.33. The van der Waals surface area contributed by atoms with Gasteiger partial charge < -0.3 is 10.1 Å². The molecule has 0 saturated heterocycles. The molecule has 0 fully saturated rings. The fourth-order valence-electron chi connectivity index (χ4n) is 2.15. The molecule has 0 aliphatic heterocycles. The van der Waals surface area contributed by atoms with E-state index in [4.69, 9.17) is 4.74 Å². The molecule has 21 heavy (non-hydrogen) atoms. The van der Waals surface area contributed by atoms with Crippen molar-refractivity contribution in [2.24, 2.45) is 0 Å². The first-order valence-corrected chi connectivity index (χ1v) is 8.58. The highest BCUT2D eigenvalue weighted by Gasteiger charge is 2.09. The lowest BCUT2D eigenvalue weighted by atomic mass is 10.1. The van der Waals surface area contributed by atoms with Gasteiger partial charge in [0.1, 0.15) is 0 Å². The number of hydrogen-bond donors (Lipinski definition) is 1. The van der Waals surface area contributed by atoms with Gasteiger partial charge in [-0.05, 0) is 25.7 Å². The molecular weight excluding hydrogens is 266 g/mol. The van der Waals surface area contributed by atoms with E-state index < -0.39 is 0 Å². The highest BCUT2D eigenvalue weighted by atomic mass is 16.5. The average Bonchev–Trinajstić information content (AvgIpc) is 2.48. The van der Waals surface area contributed by atoms with E-state index in [0.29, 0.717) is 25.9 Å². The molecule has 0 rings (SSSR count). The fraction of sp³-hybridized carbons (Fsp3) is 0.882. The SMILES string of the molecule is CCCCCCCOC(=O)CCCC(=O)NC(CC)CC. The van der Waals surface area contributed by atoms with E-state index in [1.165, 1.54) is 19.3 Å². The van der Waals surface area contributed by atoms with Crippen molar-refractivity contribution in [3.8, 4) is 0 Å². The van der Waals surface area contributed by atoms with Crippen LogP contribution in [0, 0.1) is 0 Å². The summed E-state index contributed by atoms with van der Waals surface area (Å²) in [6.07, 6.45) is 8.96. The van der Waals surface area contributed by atoms with Crippen LogP contribution in [0.25, 0.3) is 0 Å². The molecular formula is C17H33NO3. The van der Waals surface area contributed by atoms with Crippen LogP contribution < -0.4 is 5.32 Å². The average molecular weight is 299 g/mol. The van der Waals surface area contributed by atoms with Crippen molar-refractivity contribution in [1.82, 2.24) is 5.32 Å². The van der Waals surface area contributed by atoms with Gasteiger partial charge in [-0.1, -0.05) is 46.5 Å². The quantitative estimate of drug-likeness (QED) is 0.413. The molecule has 124 valence electrons. The van der Waals surface area contributed by atoms with Crippen LogP contribution in [0.15, 0.2) is 0 Å². The number of nitrogens with one attached hydrogen (secondary N) is 1. The van der Waals surface area contributed by atoms with E-state index in [-0.39, 0.29) is 17.9 Å². The number of carbonyl (C=O) groups excluding carboxylic acids is 2. The van der Waals surface area contributed by atoms with E-state index in [9.17, 15) is 9.59 Å². The Morgan fingerprint density at radius 1 is 0.905 bits per heavy atom. The third kappa shape index (κ3) is 12.4. The van der Waals surface area contributed by atoms with Crippen LogP contribution in [0.5, 0.6) is 0 Å². The standard InChI is InChI=1S/C17H33NO3/c1-4-7-8-9-10-14-21-17(20)13-11-12-16(19)18-15(5-2)6-3/h15H,4-14H2,1-3H3,(H,18,19). The maximum Gasteiger partial charge on any atom is 0.305 e. The van der Waals surface area contributed by atoms with Gasteiger partial charge in [-0.3, -0.25) is 9.59 Å². The van der Waals surface area contributed by atoms with Gasteiger partial charge in [0.2, 0.25) is 5.91 Å². The number of esters is 1. The minimum atomic E-state index is -0.180. The fourth-order valence-corrected chi connectivity index (χ4v) is 2.15. The molecule has 4 heteroatoms. The van der Waals surface area contributed by atoms with Crippen molar-refractivity contribution < 1.29 is 14.3 Å². The van der Waals surface area contributed by atoms with Crippen LogP contribution in [0.4, 0.5) is 0 Å². The predicted octanol–water partition coefficient (Wildman–Crippen LogP) is 3.98. The van der Waals surface area contributed by atoms with Crippen molar-refractivity contribution in [3.05, 3.63) is 0 Å². The van der Waals surface area contributed by atoms with Gasteiger partial charge in [-0.2, -0.15) is 0 Å². The summed E-state index contributed by atoms with van der Waals surface area (Å²) in [6, 6.07) is 0.257. The summed E-state index contributed by atoms with van der Waals surface area (Å²) in [5.41, 5.74) is 0. The lowest BCUT2D eigenvalue weighted by molar-refractivity contribution is -0.143. The summed E-state index contributed by atoms with van der Waals surface area (Å²) in [5, 5.41) is 2.97. The van der Waals surface area contributed by atoms with E-state index in [0.717, 1.165) is 25.7 Å². The number of amides is 1. The molecule has 1 N–H and O–H groups in total. The zero-order chi connectivity index (χ0) is 15.9. The molecule has 0 aliphatic rings. The Bertz CT molecular complexity index is 275. The van der Waals surface area contributed by atoms with E-state index in [1.807, 2.05) is 0 Å². The maximum atomic E-state index is 11.7. The number of carbonyl (C=O) groups is 2. The molecule has 0 heterocycles. The van der Waals surface area contributed by atoms with Crippen LogP contribution in [0.1, 0.15) is 85.0 Å². The molecule has 0 aromatic heterocycles. The number of unbranched alkanes of at least 4 members (excludes halogenated alkanes) is 4. The van der Waals surface area contributed by atoms with Crippen molar-refractivity contribution in [2.45, 2.75) is 91.0 Å². The summed E-state index contributed by atoms with van der Waals surface area (Å²) < 4.78 is 5.16. The van der Waals surface area contributed by atoms with Crippen LogP contribution in [-0.4, -0.2) is 24.5 Å². The smallest absolute Gasteiger partial charge is 0.305 e. The minimum absolute atomic E-state index is 0.0380. The van der Waals surface area contributed by atoms with Crippen LogP contribution >= 0.6 is 0 Å². The molecule has 0 radical (unpaired) electrons. The van der Waals surface area contributed by atoms with Gasteiger partial charge in [-0.25, -0.2) is 0 Å². The monoisotopic (exact) mass is 299 g/mol. The van der Waals surface area contributed by atoms with Crippen molar-refractivity contribution >= 4 is 11.9 Å². The Kier molecular flexibility index (Phi) is 13.2. The molecule has 0 aromatic rings. The zero-order valence-electron chi connectivity index (χ0n) is 14.1. The van der Waals surface area contributed by atoms with Crippen LogP contribution in [0.2, 0.25) is 0 Å². The molecule has 0 saturated carbocycles. The molecule has 0 aliphatic carbocycles. The van der Waals surface area contributed by atoms with Gasteiger partial charge in [0.25, 0.3) is 0 Å². The Hall–Kier alpha value is -1.06. The third-order valence-electron chi connectivity index (χ3n) is 3.65. The van der Waals surface area contributed by atoms with Gasteiger partial charge in [0, 0.05) is 18.9 Å². The summed E-state index contributed by atoms with van der Waals surface area (Å²) in [5.74, 6) is -0.142. The number of hydrogen-bond acceptors (Lipinski definition) is 3. The van der Waals surface area contributed by atoms with Crippen LogP contribution in [-0.2, 0) is 14.3 Å². The summed E-state index contributed by atoms with van der Waals surface area (Å²) >= 11 is 0. The highest BCUT2D eigenvalue weighted by molar-refractivity contribution is 5.77. The molecule has 0 spiro atoms. The van der Waals surface area contributed by atoms with E-state index in [1.54, 1.807) is 0 Å². The Morgan fingerprint density at radius 2 is 1.57 bits per heavy atom. The largest absolute Gasteiger partial charge is 0.466 e. The van der Waals surface area contributed by atoms with E-state index in [2.05, 4.69) is 26.1 Å². The maximum absolute atomic E-state index is 11.7. The van der Waals surface area contributed by atoms with E-state index >= 15 is 0 Å². The summed E-state index contributed by atoms with van der Waals surface area (Å²) in [7, 11) is 0. The van der Waals surface area contributed by atoms with Gasteiger partial charge in [0.15, 0.2) is 0 Å². The van der Waals surface area contributed by atoms with Crippen molar-refractivity contribution in [2.75, 3.05) is 6.61 Å². The van der Waals surface area contributed by atoms with Crippen LogP contribution in [0.3, 0.4) is 0 Å². The molecule has 0 bridgehead atoms. The lowest BCUT2D eigenvalue weighted by Gasteiger charge is -2.14. The zero-order valence-corrected chi connectivity index (χ0v) is 14.1. The molecule has 0 aromatic carbocycles. The normalized spacial score (nSPS) is 10.7. The second kappa shape index (κ2) is 13.9. The molecule has 4 nitrogen and oxygen atoms in total. The van der Waals surface area contributed by atoms with Gasteiger partial charge in [0.05, 0.1) is 6.61 Å². The van der Waals surface area contributed by atoms with Crippen molar-refractivity contribution in [1.29, 1.82) is 0 Å². The first kappa shape index (κ1) is 19.9. The Balaban J connectivity index is 3.50. The minimum Gasteiger partial charge on any atom is -0.466 e. The topological polar surface area (TPSA) is 55.4 Å². The third-order valence-corrected chi connectivity index (χ3v) is 3.65. The first-order valence-electron chi connectivity index (χ1n) is 8.58. The number of rotatable bonds is 13. The second-order valence-electron chi connectivity index (χ2n) is 5.57. The van der Waals surface area contributed by atoms with Gasteiger partial charge >= 0.3 is 5.97 Å². The van der Waals surface area contributed by atoms with Gasteiger partial charge in [-0.15, -0.1) is 0 Å². The Labute approximate surface area is 130 Å². The molecule has 0 atom stereocenters. The van der Waals surface area contributed by atoms with Crippen molar-refractivity contribution in [3.63, 3.8) is 0 Å². The Morgan fingerprint density at radius 3 is 2.19 bits per heavy atom.